The first kappa shape index (κ1) is 26.7. The Morgan fingerprint density at radius 2 is 1.91 bits per heavy atom. The number of carbonyl (C=O) groups is 1. The molecule has 2 heterocycles. The predicted molar refractivity (Wildman–Crippen MR) is 132 cm³/mol. The van der Waals surface area contributed by atoms with Gasteiger partial charge in [0, 0.05) is 24.2 Å². The Morgan fingerprint density at radius 1 is 1.18 bits per heavy atom. The minimum absolute atomic E-state index is 0.0281. The molecule has 6 atom stereocenters. The van der Waals surface area contributed by atoms with Crippen molar-refractivity contribution in [3.63, 3.8) is 0 Å². The molecule has 0 bridgehead atoms. The molecule has 2 saturated carbocycles. The average molecular weight is 474 g/mol. The van der Waals surface area contributed by atoms with Gasteiger partial charge in [-0.25, -0.2) is 0 Å². The molecule has 0 radical (unpaired) electrons. The number of aromatic nitrogens is 1. The molecule has 0 aromatic carbocycles. The van der Waals surface area contributed by atoms with Crippen molar-refractivity contribution in [2.24, 2.45) is 22.7 Å². The Labute approximate surface area is 205 Å². The Kier molecular flexibility index (Phi) is 9.16. The molecule has 1 aromatic heterocycles. The fraction of sp³-hybridized carbons (Fsp3) is 0.714. The van der Waals surface area contributed by atoms with Gasteiger partial charge in [0.05, 0.1) is 32.8 Å². The second-order valence-electron chi connectivity index (χ2n) is 10.2. The van der Waals surface area contributed by atoms with Crippen molar-refractivity contribution in [2.45, 2.75) is 85.0 Å². The van der Waals surface area contributed by atoms with E-state index in [1.807, 2.05) is 26.0 Å². The molecule has 3 aliphatic rings. The molecule has 34 heavy (non-hydrogen) atoms. The summed E-state index contributed by atoms with van der Waals surface area (Å²) < 4.78 is 23.3. The zero-order chi connectivity index (χ0) is 24.8. The molecule has 4 rings (SSSR count). The number of fused-ring (bicyclic) bond motifs is 3. The van der Waals surface area contributed by atoms with Crippen molar-refractivity contribution in [3.8, 4) is 5.75 Å². The van der Waals surface area contributed by atoms with Crippen LogP contribution in [0.5, 0.6) is 5.75 Å². The van der Waals surface area contributed by atoms with Crippen LogP contribution in [-0.4, -0.2) is 43.7 Å². The Morgan fingerprint density at radius 3 is 2.62 bits per heavy atom. The molecule has 1 unspecified atom stereocenters. The first-order valence-corrected chi connectivity index (χ1v) is 12.9. The van der Waals surface area contributed by atoms with Crippen molar-refractivity contribution < 1.29 is 23.7 Å². The van der Waals surface area contributed by atoms with Gasteiger partial charge in [-0.05, 0) is 61.5 Å². The monoisotopic (exact) mass is 473 g/mol. The minimum atomic E-state index is -0.320. The second kappa shape index (κ2) is 11.7. The molecule has 6 heteroatoms. The average Bonchev–Trinajstić information content (AvgIpc) is 2.86. The quantitative estimate of drug-likeness (QED) is 0.360. The number of allylic oxidation sites excluding steroid dienone is 1. The summed E-state index contributed by atoms with van der Waals surface area (Å²) in [5.41, 5.74) is 1.49. The summed E-state index contributed by atoms with van der Waals surface area (Å²) in [6, 6.07) is 3.81. The highest BCUT2D eigenvalue weighted by Gasteiger charge is 2.60. The molecule has 1 aromatic rings. The summed E-state index contributed by atoms with van der Waals surface area (Å²) in [6.45, 7) is 14.6. The van der Waals surface area contributed by atoms with E-state index in [9.17, 15) is 4.79 Å². The van der Waals surface area contributed by atoms with E-state index in [2.05, 4.69) is 25.4 Å². The summed E-state index contributed by atoms with van der Waals surface area (Å²) >= 11 is 0. The Balaban J connectivity index is 0.00000158. The number of ether oxygens (including phenoxy) is 4. The van der Waals surface area contributed by atoms with E-state index >= 15 is 0 Å². The summed E-state index contributed by atoms with van der Waals surface area (Å²) in [6.07, 6.45) is 9.51. The van der Waals surface area contributed by atoms with Crippen LogP contribution in [-0.2, 0) is 19.0 Å². The van der Waals surface area contributed by atoms with E-state index in [4.69, 9.17) is 18.9 Å². The lowest BCUT2D eigenvalue weighted by Crippen LogP contribution is -2.61. The maximum absolute atomic E-state index is 11.5. The predicted octanol–water partition coefficient (Wildman–Crippen LogP) is 5.96. The van der Waals surface area contributed by atoms with Crippen molar-refractivity contribution in [1.29, 1.82) is 0 Å². The molecule has 6 nitrogen and oxygen atoms in total. The van der Waals surface area contributed by atoms with Crippen LogP contribution in [0.4, 0.5) is 0 Å². The molecule has 3 fully saturated rings. The highest BCUT2D eigenvalue weighted by molar-refractivity contribution is 5.69. The van der Waals surface area contributed by atoms with Gasteiger partial charge in [-0.15, -0.1) is 0 Å². The van der Waals surface area contributed by atoms with E-state index < -0.39 is 0 Å². The van der Waals surface area contributed by atoms with Crippen LogP contribution in [0.15, 0.2) is 36.7 Å². The molecule has 0 amide bonds. The number of rotatable bonds is 7. The van der Waals surface area contributed by atoms with E-state index in [0.717, 1.165) is 37.9 Å². The lowest BCUT2D eigenvalue weighted by atomic mass is 9.46. The number of methoxy groups -OCH3 is 1. The first-order chi connectivity index (χ1) is 16.4. The van der Waals surface area contributed by atoms with Crippen LogP contribution in [0.3, 0.4) is 0 Å². The van der Waals surface area contributed by atoms with E-state index in [-0.39, 0.29) is 29.2 Å². The number of hydrogen-bond acceptors (Lipinski definition) is 6. The highest BCUT2D eigenvalue weighted by Crippen LogP contribution is 2.63. The van der Waals surface area contributed by atoms with Gasteiger partial charge in [0.1, 0.15) is 5.75 Å². The maximum Gasteiger partial charge on any atom is 0.305 e. The summed E-state index contributed by atoms with van der Waals surface area (Å²) in [5.74, 6) is 1.58. The van der Waals surface area contributed by atoms with Gasteiger partial charge in [-0.2, -0.15) is 0 Å². The highest BCUT2D eigenvalue weighted by atomic mass is 16.7. The number of carbonyl (C=O) groups excluding carboxylic acids is 1. The van der Waals surface area contributed by atoms with Crippen molar-refractivity contribution in [3.05, 3.63) is 36.7 Å². The number of hydrogen-bond donors (Lipinski definition) is 0. The van der Waals surface area contributed by atoms with Gasteiger partial charge in [0.25, 0.3) is 0 Å². The third-order valence-corrected chi connectivity index (χ3v) is 8.35. The maximum atomic E-state index is 11.5. The van der Waals surface area contributed by atoms with Crippen LogP contribution in [0.25, 0.3) is 0 Å². The van der Waals surface area contributed by atoms with Crippen LogP contribution in [0, 0.1) is 22.7 Å². The summed E-state index contributed by atoms with van der Waals surface area (Å²) in [4.78, 5) is 15.6. The number of pyridine rings is 1. The number of nitrogens with zero attached hydrogens (tertiary/aromatic N) is 1. The van der Waals surface area contributed by atoms with E-state index in [1.165, 1.54) is 12.7 Å². The topological polar surface area (TPSA) is 66.9 Å². The lowest BCUT2D eigenvalue weighted by molar-refractivity contribution is -0.304. The van der Waals surface area contributed by atoms with Crippen molar-refractivity contribution in [1.82, 2.24) is 4.98 Å². The van der Waals surface area contributed by atoms with Gasteiger partial charge < -0.3 is 18.9 Å². The second-order valence-corrected chi connectivity index (χ2v) is 10.2. The van der Waals surface area contributed by atoms with Crippen LogP contribution < -0.4 is 4.74 Å². The van der Waals surface area contributed by atoms with E-state index in [0.29, 0.717) is 37.9 Å². The number of esters is 1. The van der Waals surface area contributed by atoms with Crippen LogP contribution in [0.1, 0.15) is 72.6 Å². The van der Waals surface area contributed by atoms with E-state index in [1.54, 1.807) is 12.4 Å². The Hall–Kier alpha value is -1.92. The zero-order valence-corrected chi connectivity index (χ0v) is 21.7. The molecule has 0 spiro atoms. The van der Waals surface area contributed by atoms with Gasteiger partial charge in [0.2, 0.25) is 0 Å². The molecule has 190 valence electrons. The van der Waals surface area contributed by atoms with Crippen LogP contribution in [0.2, 0.25) is 0 Å². The molecule has 2 aliphatic carbocycles. The van der Waals surface area contributed by atoms with Gasteiger partial charge in [-0.1, -0.05) is 39.8 Å². The largest absolute Gasteiger partial charge is 0.493 e. The summed E-state index contributed by atoms with van der Waals surface area (Å²) in [7, 11) is 1.42. The van der Waals surface area contributed by atoms with Crippen molar-refractivity contribution in [2.75, 3.05) is 20.3 Å². The lowest BCUT2D eigenvalue weighted by Gasteiger charge is -2.62. The molecule has 1 saturated heterocycles. The zero-order valence-electron chi connectivity index (χ0n) is 21.7. The smallest absolute Gasteiger partial charge is 0.305 e. The van der Waals surface area contributed by atoms with Gasteiger partial charge in [-0.3, -0.25) is 9.78 Å². The molecular formula is C28H43NO5. The Bertz CT molecular complexity index is 814. The van der Waals surface area contributed by atoms with Gasteiger partial charge in [0.15, 0.2) is 6.29 Å². The molecule has 0 N–H and O–H groups in total. The minimum Gasteiger partial charge on any atom is -0.493 e. The third kappa shape index (κ3) is 5.49. The standard InChI is InChI=1S/C26H37NO5.C2H6/c1-18-5-6-21-25(2,20(18)12-16-30-19-10-14-27-15-11-19)13-9-22-26(21,3)17-31-24(32-22)8-7-23(28)29-4;1-2/h10-11,14-15,20-22,24H,1,5-9,12-13,16-17H2,2-4H3;1-2H3/t20-,21?,22-,24-,25+,26+;/m1./s1. The fourth-order valence-electron chi connectivity index (χ4n) is 6.63. The third-order valence-electron chi connectivity index (χ3n) is 8.35. The van der Waals surface area contributed by atoms with Crippen LogP contribution >= 0.6 is 0 Å². The SMILES string of the molecule is C=C1CCC2[C@]3(C)CO[C@@H](CCC(=O)OC)O[C@@H]3CC[C@@]2(C)[C@@H]1CCOc1ccncc1.CC. The normalized spacial score (nSPS) is 34.7. The van der Waals surface area contributed by atoms with Crippen molar-refractivity contribution >= 4 is 5.97 Å². The molecular weight excluding hydrogens is 430 g/mol. The molecule has 1 aliphatic heterocycles. The summed E-state index contributed by atoms with van der Waals surface area (Å²) in [5, 5.41) is 0. The fourth-order valence-corrected chi connectivity index (χ4v) is 6.63. The van der Waals surface area contributed by atoms with Gasteiger partial charge >= 0.3 is 5.97 Å². The first-order valence-electron chi connectivity index (χ1n) is 12.9.